The van der Waals surface area contributed by atoms with E-state index in [4.69, 9.17) is 16.3 Å². The Balaban J connectivity index is 2.20. The molecule has 102 valence electrons. The second-order valence-corrected chi connectivity index (χ2v) is 4.09. The molecule has 1 aromatic heterocycles. The van der Waals surface area contributed by atoms with Crippen LogP contribution in [0.25, 0.3) is 0 Å². The summed E-state index contributed by atoms with van der Waals surface area (Å²) in [6.45, 7) is 4.47. The van der Waals surface area contributed by atoms with Crippen molar-refractivity contribution in [2.45, 2.75) is 26.2 Å². The minimum atomic E-state index is 0.177. The molecule has 0 spiro atoms. The molecule has 1 heterocycles. The summed E-state index contributed by atoms with van der Waals surface area (Å²) in [6.07, 6.45) is 3.18. The number of aromatic nitrogens is 3. The van der Waals surface area contributed by atoms with E-state index < -0.39 is 0 Å². The highest BCUT2D eigenvalue weighted by Crippen LogP contribution is 2.08. The molecule has 0 unspecified atom stereocenters. The zero-order valence-corrected chi connectivity index (χ0v) is 11.6. The lowest BCUT2D eigenvalue weighted by Gasteiger charge is -2.06. The van der Waals surface area contributed by atoms with Crippen LogP contribution in [-0.4, -0.2) is 41.8 Å². The van der Waals surface area contributed by atoms with E-state index in [1.165, 1.54) is 0 Å². The lowest BCUT2D eigenvalue weighted by Crippen LogP contribution is -2.10. The molecule has 0 saturated carbocycles. The van der Waals surface area contributed by atoms with Crippen molar-refractivity contribution in [3.05, 3.63) is 5.28 Å². The molecular weight excluding hydrogens is 254 g/mol. The third-order valence-corrected chi connectivity index (χ3v) is 2.39. The van der Waals surface area contributed by atoms with Gasteiger partial charge >= 0.3 is 0 Å². The molecule has 0 aromatic carbocycles. The van der Waals surface area contributed by atoms with Crippen LogP contribution in [0.4, 0.5) is 11.9 Å². The van der Waals surface area contributed by atoms with Crippen LogP contribution < -0.4 is 10.6 Å². The number of nitrogens with zero attached hydrogens (tertiary/aromatic N) is 3. The van der Waals surface area contributed by atoms with Gasteiger partial charge in [-0.2, -0.15) is 15.0 Å². The van der Waals surface area contributed by atoms with Gasteiger partial charge in [0.25, 0.3) is 0 Å². The molecule has 7 heteroatoms. The van der Waals surface area contributed by atoms with Crippen LogP contribution in [0.5, 0.6) is 0 Å². The zero-order valence-electron chi connectivity index (χ0n) is 10.9. The fraction of sp³-hybridized carbons (Fsp3) is 0.727. The van der Waals surface area contributed by atoms with Crippen molar-refractivity contribution in [1.29, 1.82) is 0 Å². The summed E-state index contributed by atoms with van der Waals surface area (Å²) in [7, 11) is 1.73. The molecule has 0 aliphatic rings. The van der Waals surface area contributed by atoms with Gasteiger partial charge in [-0.1, -0.05) is 13.3 Å². The summed E-state index contributed by atoms with van der Waals surface area (Å²) in [6, 6.07) is 0. The molecule has 1 rings (SSSR count). The fourth-order valence-corrected chi connectivity index (χ4v) is 1.42. The number of unbranched alkanes of at least 4 members (excludes halogenated alkanes) is 1. The van der Waals surface area contributed by atoms with E-state index in [1.807, 2.05) is 0 Å². The first-order valence-electron chi connectivity index (χ1n) is 6.17. The van der Waals surface area contributed by atoms with Crippen LogP contribution in [0.2, 0.25) is 5.28 Å². The van der Waals surface area contributed by atoms with Crippen molar-refractivity contribution in [3.8, 4) is 0 Å². The predicted molar refractivity (Wildman–Crippen MR) is 73.2 cm³/mol. The van der Waals surface area contributed by atoms with Crippen molar-refractivity contribution in [1.82, 2.24) is 15.0 Å². The minimum absolute atomic E-state index is 0.177. The highest BCUT2D eigenvalue weighted by molar-refractivity contribution is 6.28. The zero-order chi connectivity index (χ0) is 13.2. The molecule has 0 aliphatic carbocycles. The molecular formula is C11H20ClN5O. The monoisotopic (exact) mass is 273 g/mol. The molecule has 0 fully saturated rings. The Morgan fingerprint density at radius 3 is 2.56 bits per heavy atom. The van der Waals surface area contributed by atoms with E-state index >= 15 is 0 Å². The number of hydrogen-bond acceptors (Lipinski definition) is 6. The van der Waals surface area contributed by atoms with Crippen LogP contribution in [-0.2, 0) is 4.74 Å². The van der Waals surface area contributed by atoms with E-state index in [-0.39, 0.29) is 5.28 Å². The Bertz CT molecular complexity index is 350. The quantitative estimate of drug-likeness (QED) is 0.672. The highest BCUT2D eigenvalue weighted by Gasteiger charge is 2.02. The van der Waals surface area contributed by atoms with Crippen molar-refractivity contribution in [2.24, 2.45) is 0 Å². The second kappa shape index (κ2) is 8.88. The third-order valence-electron chi connectivity index (χ3n) is 2.22. The van der Waals surface area contributed by atoms with Crippen LogP contribution in [0.3, 0.4) is 0 Å². The molecule has 0 saturated heterocycles. The van der Waals surface area contributed by atoms with Gasteiger partial charge in [-0.3, -0.25) is 0 Å². The van der Waals surface area contributed by atoms with Crippen LogP contribution in [0.15, 0.2) is 0 Å². The Morgan fingerprint density at radius 1 is 1.11 bits per heavy atom. The Morgan fingerprint density at radius 2 is 1.83 bits per heavy atom. The van der Waals surface area contributed by atoms with Gasteiger partial charge in [-0.05, 0) is 24.4 Å². The molecule has 0 atom stereocenters. The highest BCUT2D eigenvalue weighted by atomic mass is 35.5. The average Bonchev–Trinajstić information content (AvgIpc) is 2.37. The maximum absolute atomic E-state index is 5.76. The summed E-state index contributed by atoms with van der Waals surface area (Å²) in [5, 5.41) is 6.08. The lowest BCUT2D eigenvalue weighted by atomic mass is 10.4. The van der Waals surface area contributed by atoms with Gasteiger partial charge in [0.2, 0.25) is 17.2 Å². The van der Waals surface area contributed by atoms with Gasteiger partial charge in [-0.25, -0.2) is 0 Å². The van der Waals surface area contributed by atoms with Gasteiger partial charge in [0.1, 0.15) is 0 Å². The summed E-state index contributed by atoms with van der Waals surface area (Å²) in [4.78, 5) is 12.0. The number of halogens is 1. The van der Waals surface area contributed by atoms with Crippen molar-refractivity contribution < 1.29 is 4.74 Å². The minimum Gasteiger partial charge on any atom is -0.381 e. The van der Waals surface area contributed by atoms with Crippen LogP contribution in [0, 0.1) is 0 Å². The summed E-state index contributed by atoms with van der Waals surface area (Å²) in [5.74, 6) is 0.935. The summed E-state index contributed by atoms with van der Waals surface area (Å²) < 4.78 is 5.45. The topological polar surface area (TPSA) is 72.0 Å². The Hall–Kier alpha value is -1.14. The first-order valence-corrected chi connectivity index (χ1v) is 6.55. The van der Waals surface area contributed by atoms with Gasteiger partial charge in [0.15, 0.2) is 0 Å². The molecule has 1 aromatic rings. The molecule has 0 bridgehead atoms. The maximum Gasteiger partial charge on any atom is 0.228 e. The lowest BCUT2D eigenvalue weighted by molar-refractivity contribution is 0.131. The molecule has 18 heavy (non-hydrogen) atoms. The van der Waals surface area contributed by atoms with E-state index in [0.29, 0.717) is 11.9 Å². The average molecular weight is 274 g/mol. The summed E-state index contributed by atoms with van der Waals surface area (Å²) >= 11 is 5.76. The van der Waals surface area contributed by atoms with Gasteiger partial charge < -0.3 is 15.4 Å². The van der Waals surface area contributed by atoms with Crippen molar-refractivity contribution in [3.63, 3.8) is 0 Å². The molecule has 0 radical (unpaired) electrons. The van der Waals surface area contributed by atoms with Gasteiger partial charge in [-0.15, -0.1) is 0 Å². The van der Waals surface area contributed by atoms with E-state index in [9.17, 15) is 0 Å². The Labute approximate surface area is 113 Å². The SMILES string of the molecule is CCCCOCCCNc1nc(Cl)nc(NC)n1. The van der Waals surface area contributed by atoms with E-state index in [2.05, 4.69) is 32.5 Å². The first-order chi connectivity index (χ1) is 8.76. The predicted octanol–water partition coefficient (Wildman–Crippen LogP) is 2.19. The fourth-order valence-electron chi connectivity index (χ4n) is 1.26. The molecule has 2 N–H and O–H groups in total. The second-order valence-electron chi connectivity index (χ2n) is 3.75. The summed E-state index contributed by atoms with van der Waals surface area (Å²) in [5.41, 5.74) is 0. The largest absolute Gasteiger partial charge is 0.381 e. The standard InChI is InChI=1S/C11H20ClN5O/c1-3-4-7-18-8-5-6-14-11-16-9(12)15-10(13-2)17-11/h3-8H2,1-2H3,(H2,13,14,15,16,17). The number of anilines is 2. The number of ether oxygens (including phenoxy) is 1. The molecule has 0 amide bonds. The van der Waals surface area contributed by atoms with Gasteiger partial charge in [0.05, 0.1) is 0 Å². The van der Waals surface area contributed by atoms with Crippen LogP contribution in [0.1, 0.15) is 26.2 Å². The maximum atomic E-state index is 5.76. The number of nitrogens with one attached hydrogen (secondary N) is 2. The van der Waals surface area contributed by atoms with Gasteiger partial charge in [0, 0.05) is 26.8 Å². The van der Waals surface area contributed by atoms with Crippen molar-refractivity contribution in [2.75, 3.05) is 37.4 Å². The third kappa shape index (κ3) is 5.97. The van der Waals surface area contributed by atoms with Crippen LogP contribution >= 0.6 is 11.6 Å². The van der Waals surface area contributed by atoms with E-state index in [0.717, 1.165) is 39.0 Å². The number of rotatable bonds is 9. The Kier molecular flexibility index (Phi) is 7.36. The van der Waals surface area contributed by atoms with E-state index in [1.54, 1.807) is 7.05 Å². The number of hydrogen-bond donors (Lipinski definition) is 2. The smallest absolute Gasteiger partial charge is 0.228 e. The van der Waals surface area contributed by atoms with Crippen molar-refractivity contribution >= 4 is 23.5 Å². The first kappa shape index (κ1) is 14.9. The molecule has 6 nitrogen and oxygen atoms in total. The normalized spacial score (nSPS) is 10.4. The molecule has 0 aliphatic heterocycles.